The van der Waals surface area contributed by atoms with Gasteiger partial charge in [0.2, 0.25) is 0 Å². The molecule has 2 saturated heterocycles. The normalized spacial score (nSPS) is 30.7. The molecule has 17 heavy (non-hydrogen) atoms. The van der Waals surface area contributed by atoms with Gasteiger partial charge in [0.15, 0.2) is 0 Å². The highest BCUT2D eigenvalue weighted by molar-refractivity contribution is 4.89. The van der Waals surface area contributed by atoms with E-state index >= 15 is 0 Å². The Morgan fingerprint density at radius 1 is 1.35 bits per heavy atom. The molecular formula is C14H27NO2. The van der Waals surface area contributed by atoms with Gasteiger partial charge in [-0.25, -0.2) is 0 Å². The van der Waals surface area contributed by atoms with Crippen molar-refractivity contribution in [1.29, 1.82) is 0 Å². The van der Waals surface area contributed by atoms with Crippen LogP contribution in [0.4, 0.5) is 0 Å². The quantitative estimate of drug-likeness (QED) is 0.819. The van der Waals surface area contributed by atoms with Crippen molar-refractivity contribution in [2.45, 2.75) is 45.6 Å². The van der Waals surface area contributed by atoms with Gasteiger partial charge in [0.25, 0.3) is 0 Å². The fourth-order valence-electron chi connectivity index (χ4n) is 3.12. The van der Waals surface area contributed by atoms with Crippen LogP contribution in [0.25, 0.3) is 0 Å². The molecule has 1 unspecified atom stereocenters. The predicted molar refractivity (Wildman–Crippen MR) is 69.0 cm³/mol. The predicted octanol–water partition coefficient (Wildman–Crippen LogP) is 1.90. The minimum atomic E-state index is -0.522. The second-order valence-corrected chi connectivity index (χ2v) is 6.80. The molecule has 2 fully saturated rings. The first-order chi connectivity index (χ1) is 7.89. The fourth-order valence-corrected chi connectivity index (χ4v) is 3.12. The van der Waals surface area contributed by atoms with Gasteiger partial charge in [-0.3, -0.25) is 0 Å². The van der Waals surface area contributed by atoms with Gasteiger partial charge in [0, 0.05) is 32.2 Å². The average molecular weight is 241 g/mol. The van der Waals surface area contributed by atoms with Crippen molar-refractivity contribution in [1.82, 2.24) is 4.90 Å². The lowest BCUT2D eigenvalue weighted by Crippen LogP contribution is -2.40. The molecule has 3 nitrogen and oxygen atoms in total. The minimum absolute atomic E-state index is 0.423. The maximum absolute atomic E-state index is 10.1. The zero-order valence-electron chi connectivity index (χ0n) is 11.5. The van der Waals surface area contributed by atoms with Gasteiger partial charge in [-0.2, -0.15) is 0 Å². The Kier molecular flexibility index (Phi) is 3.81. The smallest absolute Gasteiger partial charge is 0.0632 e. The van der Waals surface area contributed by atoms with Crippen LogP contribution in [0.5, 0.6) is 0 Å². The molecule has 0 bridgehead atoms. The zero-order valence-corrected chi connectivity index (χ0v) is 11.5. The molecule has 1 N–H and O–H groups in total. The van der Waals surface area contributed by atoms with E-state index in [0.717, 1.165) is 32.7 Å². The maximum Gasteiger partial charge on any atom is 0.0632 e. The van der Waals surface area contributed by atoms with Crippen LogP contribution >= 0.6 is 0 Å². The summed E-state index contributed by atoms with van der Waals surface area (Å²) in [5.74, 6) is 0.436. The second-order valence-electron chi connectivity index (χ2n) is 6.80. The highest BCUT2D eigenvalue weighted by atomic mass is 16.5. The summed E-state index contributed by atoms with van der Waals surface area (Å²) in [6.07, 6.45) is 3.49. The standard InChI is InChI=1S/C14H27NO2/c1-13(2,16)12-4-7-15(10-12)11-14(3)5-8-17-9-6-14/h12,16H,4-11H2,1-3H3. The van der Waals surface area contributed by atoms with Crippen LogP contribution in [0.3, 0.4) is 0 Å². The van der Waals surface area contributed by atoms with E-state index in [4.69, 9.17) is 4.74 Å². The lowest BCUT2D eigenvalue weighted by atomic mass is 9.82. The van der Waals surface area contributed by atoms with Gasteiger partial charge in [0.05, 0.1) is 5.60 Å². The van der Waals surface area contributed by atoms with E-state index in [1.807, 2.05) is 13.8 Å². The molecule has 0 saturated carbocycles. The molecule has 0 spiro atoms. The van der Waals surface area contributed by atoms with Crippen LogP contribution in [-0.2, 0) is 4.74 Å². The van der Waals surface area contributed by atoms with E-state index < -0.39 is 5.60 Å². The highest BCUT2D eigenvalue weighted by Gasteiger charge is 2.37. The van der Waals surface area contributed by atoms with E-state index in [1.54, 1.807) is 0 Å². The summed E-state index contributed by atoms with van der Waals surface area (Å²) < 4.78 is 5.45. The molecule has 3 heteroatoms. The third-order valence-electron chi connectivity index (χ3n) is 4.58. The molecule has 0 aromatic carbocycles. The summed E-state index contributed by atoms with van der Waals surface area (Å²) in [5.41, 5.74) is -0.0991. The Bertz CT molecular complexity index is 253. The maximum atomic E-state index is 10.1. The number of aliphatic hydroxyl groups is 1. The number of ether oxygens (including phenoxy) is 1. The summed E-state index contributed by atoms with van der Waals surface area (Å²) in [7, 11) is 0. The van der Waals surface area contributed by atoms with E-state index in [2.05, 4.69) is 11.8 Å². The lowest BCUT2D eigenvalue weighted by molar-refractivity contribution is -0.000479. The first kappa shape index (κ1) is 13.3. The van der Waals surface area contributed by atoms with E-state index in [9.17, 15) is 5.11 Å². The van der Waals surface area contributed by atoms with E-state index in [-0.39, 0.29) is 0 Å². The van der Waals surface area contributed by atoms with Crippen molar-refractivity contribution in [3.8, 4) is 0 Å². The van der Waals surface area contributed by atoms with Crippen molar-refractivity contribution in [3.63, 3.8) is 0 Å². The monoisotopic (exact) mass is 241 g/mol. The molecule has 0 aliphatic carbocycles. The molecule has 0 amide bonds. The summed E-state index contributed by atoms with van der Waals surface area (Å²) in [4.78, 5) is 2.54. The molecule has 2 rings (SSSR count). The van der Waals surface area contributed by atoms with Crippen molar-refractivity contribution >= 4 is 0 Å². The van der Waals surface area contributed by atoms with Gasteiger partial charge in [-0.15, -0.1) is 0 Å². The average Bonchev–Trinajstić information content (AvgIpc) is 2.66. The van der Waals surface area contributed by atoms with E-state index in [1.165, 1.54) is 19.4 Å². The largest absolute Gasteiger partial charge is 0.390 e. The van der Waals surface area contributed by atoms with Crippen LogP contribution in [0.1, 0.15) is 40.0 Å². The Morgan fingerprint density at radius 2 is 2.00 bits per heavy atom. The van der Waals surface area contributed by atoms with Crippen LogP contribution < -0.4 is 0 Å². The molecule has 0 aromatic heterocycles. The molecule has 0 aromatic rings. The first-order valence-electron chi connectivity index (χ1n) is 6.92. The number of nitrogens with zero attached hydrogens (tertiary/aromatic N) is 1. The Hall–Kier alpha value is -0.120. The summed E-state index contributed by atoms with van der Waals surface area (Å²) in [5, 5.41) is 10.1. The summed E-state index contributed by atoms with van der Waals surface area (Å²) >= 11 is 0. The molecule has 100 valence electrons. The minimum Gasteiger partial charge on any atom is -0.390 e. The SMILES string of the molecule is CC1(CN2CCC(C(C)(C)O)C2)CCOCC1. The van der Waals surface area contributed by atoms with E-state index in [0.29, 0.717) is 11.3 Å². The molecule has 2 aliphatic heterocycles. The molecule has 2 heterocycles. The van der Waals surface area contributed by atoms with Crippen molar-refractivity contribution in [2.75, 3.05) is 32.8 Å². The second kappa shape index (κ2) is 4.87. The Labute approximate surface area is 105 Å². The van der Waals surface area contributed by atoms with Crippen molar-refractivity contribution in [3.05, 3.63) is 0 Å². The van der Waals surface area contributed by atoms with Gasteiger partial charge in [-0.1, -0.05) is 6.92 Å². The van der Waals surface area contributed by atoms with Crippen LogP contribution in [0.2, 0.25) is 0 Å². The third-order valence-corrected chi connectivity index (χ3v) is 4.58. The summed E-state index contributed by atoms with van der Waals surface area (Å²) in [6, 6.07) is 0. The Morgan fingerprint density at radius 3 is 2.53 bits per heavy atom. The zero-order chi connectivity index (χ0) is 12.5. The number of hydrogen-bond acceptors (Lipinski definition) is 3. The lowest BCUT2D eigenvalue weighted by Gasteiger charge is -2.37. The third kappa shape index (κ3) is 3.43. The number of likely N-dealkylation sites (tertiary alicyclic amines) is 1. The topological polar surface area (TPSA) is 32.7 Å². The Balaban J connectivity index is 1.85. The molecule has 0 radical (unpaired) electrons. The van der Waals surface area contributed by atoms with Gasteiger partial charge >= 0.3 is 0 Å². The number of rotatable bonds is 3. The van der Waals surface area contributed by atoms with Gasteiger partial charge in [-0.05, 0) is 45.1 Å². The van der Waals surface area contributed by atoms with Gasteiger partial charge in [0.1, 0.15) is 0 Å². The van der Waals surface area contributed by atoms with Gasteiger partial charge < -0.3 is 14.7 Å². The summed E-state index contributed by atoms with van der Waals surface area (Å²) in [6.45, 7) is 11.5. The number of hydrogen-bond donors (Lipinski definition) is 1. The molecule has 1 atom stereocenters. The molecule has 2 aliphatic rings. The van der Waals surface area contributed by atoms with Crippen LogP contribution in [0, 0.1) is 11.3 Å². The van der Waals surface area contributed by atoms with Crippen molar-refractivity contribution in [2.24, 2.45) is 11.3 Å². The van der Waals surface area contributed by atoms with Crippen LogP contribution in [-0.4, -0.2) is 48.5 Å². The highest BCUT2D eigenvalue weighted by Crippen LogP contribution is 2.34. The first-order valence-corrected chi connectivity index (χ1v) is 6.92. The fraction of sp³-hybridized carbons (Fsp3) is 1.00. The van der Waals surface area contributed by atoms with Crippen molar-refractivity contribution < 1.29 is 9.84 Å². The molecular weight excluding hydrogens is 214 g/mol. The van der Waals surface area contributed by atoms with Crippen LogP contribution in [0.15, 0.2) is 0 Å².